The van der Waals surface area contributed by atoms with E-state index in [9.17, 15) is 35.9 Å². The minimum absolute atomic E-state index is 0.0170. The molecular weight excluding hydrogens is 636 g/mol. The van der Waals surface area contributed by atoms with Crippen LogP contribution in [-0.4, -0.2) is 33.5 Å². The molecule has 0 fully saturated rings. The van der Waals surface area contributed by atoms with Gasteiger partial charge in [-0.1, -0.05) is 49.4 Å². The van der Waals surface area contributed by atoms with E-state index in [0.29, 0.717) is 35.7 Å². The number of benzene rings is 4. The fraction of sp³-hybridized carbons (Fsp3) is 0.250. The van der Waals surface area contributed by atoms with E-state index in [-0.39, 0.29) is 36.7 Å². The molecule has 0 N–H and O–H groups in total. The minimum Gasteiger partial charge on any atom is -0.494 e. The van der Waals surface area contributed by atoms with Crippen LogP contribution in [-0.2, 0) is 18.8 Å². The molecule has 12 heteroatoms. The highest BCUT2D eigenvalue weighted by Gasteiger charge is 2.39. The second-order valence-corrected chi connectivity index (χ2v) is 11.0. The quantitative estimate of drug-likeness (QED) is 0.140. The molecule has 5 aromatic rings. The number of halogens is 6. The highest BCUT2D eigenvalue weighted by atomic mass is 19.4. The van der Waals surface area contributed by atoms with Gasteiger partial charge in [-0.2, -0.15) is 26.3 Å². The van der Waals surface area contributed by atoms with E-state index in [1.54, 1.807) is 85.8 Å². The molecule has 250 valence electrons. The van der Waals surface area contributed by atoms with E-state index in [4.69, 9.17) is 9.72 Å². The first-order valence-electron chi connectivity index (χ1n) is 15.2. The zero-order valence-electron chi connectivity index (χ0n) is 26.0. The Labute approximate surface area is 272 Å². The monoisotopic (exact) mass is 667 g/mol. The van der Waals surface area contributed by atoms with Gasteiger partial charge in [0.15, 0.2) is 0 Å². The number of hydrogen-bond acceptors (Lipinski definition) is 4. The van der Waals surface area contributed by atoms with Crippen LogP contribution in [0.1, 0.15) is 59.2 Å². The lowest BCUT2D eigenvalue weighted by Crippen LogP contribution is -2.40. The Balaban J connectivity index is 1.72. The van der Waals surface area contributed by atoms with Crippen LogP contribution >= 0.6 is 0 Å². The van der Waals surface area contributed by atoms with Gasteiger partial charge in [-0.3, -0.25) is 14.2 Å². The third-order valence-corrected chi connectivity index (χ3v) is 7.85. The second kappa shape index (κ2) is 13.9. The van der Waals surface area contributed by atoms with Gasteiger partial charge >= 0.3 is 12.4 Å². The van der Waals surface area contributed by atoms with Gasteiger partial charge in [-0.25, -0.2) is 4.98 Å². The van der Waals surface area contributed by atoms with Gasteiger partial charge in [-0.15, -0.1) is 0 Å². The maximum atomic E-state index is 14.3. The Hall–Kier alpha value is -5.13. The summed E-state index contributed by atoms with van der Waals surface area (Å²) in [6, 6.07) is 21.9. The van der Waals surface area contributed by atoms with Crippen molar-refractivity contribution in [2.45, 2.75) is 45.1 Å². The summed E-state index contributed by atoms with van der Waals surface area (Å²) < 4.78 is 89.8. The molecule has 0 aliphatic carbocycles. The first-order valence-corrected chi connectivity index (χ1v) is 15.2. The maximum Gasteiger partial charge on any atom is 0.416 e. The number of alkyl halides is 6. The summed E-state index contributed by atoms with van der Waals surface area (Å²) in [7, 11) is 0. The molecule has 1 amide bonds. The lowest BCUT2D eigenvalue weighted by molar-refractivity contribution is -0.143. The molecule has 0 saturated carbocycles. The van der Waals surface area contributed by atoms with Crippen LogP contribution in [0.25, 0.3) is 16.6 Å². The molecule has 0 aliphatic heterocycles. The summed E-state index contributed by atoms with van der Waals surface area (Å²) in [5.74, 6) is -0.439. The molecule has 4 aromatic carbocycles. The fourth-order valence-corrected chi connectivity index (χ4v) is 5.56. The van der Waals surface area contributed by atoms with Crippen molar-refractivity contribution in [2.75, 3.05) is 13.2 Å². The van der Waals surface area contributed by atoms with Crippen molar-refractivity contribution in [3.05, 3.63) is 135 Å². The predicted molar refractivity (Wildman–Crippen MR) is 169 cm³/mol. The zero-order valence-corrected chi connectivity index (χ0v) is 26.0. The minimum atomic E-state index is -5.15. The summed E-state index contributed by atoms with van der Waals surface area (Å²) in [5, 5.41) is 0.278. The molecule has 0 radical (unpaired) electrons. The summed E-state index contributed by atoms with van der Waals surface area (Å²) >= 11 is 0. The Morgan fingerprint density at radius 3 is 2.02 bits per heavy atom. The Bertz CT molecular complexity index is 1920. The second-order valence-electron chi connectivity index (χ2n) is 11.0. The van der Waals surface area contributed by atoms with E-state index in [0.717, 1.165) is 5.56 Å². The molecular formula is C36H31F6N3O3. The molecule has 5 rings (SSSR count). The van der Waals surface area contributed by atoms with E-state index in [1.165, 1.54) is 9.47 Å². The van der Waals surface area contributed by atoms with Gasteiger partial charge < -0.3 is 9.64 Å². The molecule has 0 bridgehead atoms. The van der Waals surface area contributed by atoms with E-state index < -0.39 is 46.6 Å². The van der Waals surface area contributed by atoms with Crippen LogP contribution in [0.15, 0.2) is 102 Å². The lowest BCUT2D eigenvalue weighted by atomic mass is 10.0. The molecule has 1 aromatic heterocycles. The van der Waals surface area contributed by atoms with Gasteiger partial charge in [0, 0.05) is 12.1 Å². The molecule has 1 atom stereocenters. The first-order chi connectivity index (χ1) is 22.8. The third-order valence-electron chi connectivity index (χ3n) is 7.85. The molecule has 1 unspecified atom stereocenters. The predicted octanol–water partition coefficient (Wildman–Crippen LogP) is 8.66. The van der Waals surface area contributed by atoms with Crippen LogP contribution in [0.4, 0.5) is 26.3 Å². The number of aromatic nitrogens is 2. The molecule has 48 heavy (non-hydrogen) atoms. The van der Waals surface area contributed by atoms with Crippen LogP contribution in [0.2, 0.25) is 0 Å². The van der Waals surface area contributed by atoms with Crippen molar-refractivity contribution < 1.29 is 35.9 Å². The van der Waals surface area contributed by atoms with Gasteiger partial charge in [0.2, 0.25) is 0 Å². The lowest BCUT2D eigenvalue weighted by Gasteiger charge is -2.33. The third kappa shape index (κ3) is 7.37. The van der Waals surface area contributed by atoms with Crippen LogP contribution < -0.4 is 10.3 Å². The van der Waals surface area contributed by atoms with E-state index in [2.05, 4.69) is 0 Å². The largest absolute Gasteiger partial charge is 0.494 e. The number of nitrogens with zero attached hydrogens (tertiary/aromatic N) is 3. The molecule has 0 saturated heterocycles. The van der Waals surface area contributed by atoms with Crippen molar-refractivity contribution >= 4 is 16.8 Å². The zero-order chi connectivity index (χ0) is 34.6. The van der Waals surface area contributed by atoms with E-state index in [1.807, 2.05) is 6.92 Å². The number of ether oxygens (including phenoxy) is 1. The van der Waals surface area contributed by atoms with Crippen LogP contribution in [0.5, 0.6) is 5.75 Å². The number of para-hydroxylation sites is 1. The normalized spacial score (nSPS) is 12.6. The number of carbonyl (C=O) groups is 1. The summed E-state index contributed by atoms with van der Waals surface area (Å²) in [6.45, 7) is 3.82. The summed E-state index contributed by atoms with van der Waals surface area (Å²) in [4.78, 5) is 34.3. The average Bonchev–Trinajstić information content (AvgIpc) is 3.06. The van der Waals surface area contributed by atoms with Crippen molar-refractivity contribution in [2.24, 2.45) is 0 Å². The van der Waals surface area contributed by atoms with Gasteiger partial charge in [0.05, 0.1) is 40.4 Å². The van der Waals surface area contributed by atoms with Crippen molar-refractivity contribution in [1.82, 2.24) is 14.5 Å². The van der Waals surface area contributed by atoms with Gasteiger partial charge in [0.1, 0.15) is 11.6 Å². The topological polar surface area (TPSA) is 64.4 Å². The average molecular weight is 668 g/mol. The Morgan fingerprint density at radius 1 is 0.833 bits per heavy atom. The van der Waals surface area contributed by atoms with Gasteiger partial charge in [-0.05, 0) is 79.9 Å². The van der Waals surface area contributed by atoms with Crippen molar-refractivity contribution in [3.8, 4) is 11.4 Å². The number of fused-ring (bicyclic) bond motifs is 1. The SMILES string of the molecule is CCOc1ccc(-n2c(C(CC)N(CCc3ccccc3)C(=O)c3cc(C(F)(F)F)cc(C(F)(F)F)c3)nc3ccccc3c2=O)cc1. The van der Waals surface area contributed by atoms with Gasteiger partial charge in [0.25, 0.3) is 11.5 Å². The highest BCUT2D eigenvalue weighted by molar-refractivity contribution is 5.95. The number of carbonyl (C=O) groups excluding carboxylic acids is 1. The van der Waals surface area contributed by atoms with E-state index >= 15 is 0 Å². The maximum absolute atomic E-state index is 14.3. The standard InChI is InChI=1S/C36H31F6N3O3/c1-3-31(32-43-30-13-9-8-12-29(30)34(47)45(32)27-14-16-28(17-15-27)48-4-2)44(19-18-23-10-6-5-7-11-23)33(46)24-20-25(35(37,38)39)22-26(21-24)36(40,41)42/h5-17,20-22,31H,3-4,18-19H2,1-2H3. The summed E-state index contributed by atoms with van der Waals surface area (Å²) in [6.07, 6.45) is -9.96. The smallest absolute Gasteiger partial charge is 0.416 e. The number of hydrogen-bond donors (Lipinski definition) is 0. The number of amides is 1. The van der Waals surface area contributed by atoms with Crippen molar-refractivity contribution in [1.29, 1.82) is 0 Å². The van der Waals surface area contributed by atoms with Crippen LogP contribution in [0.3, 0.4) is 0 Å². The summed E-state index contributed by atoms with van der Waals surface area (Å²) in [5.41, 5.74) is -3.00. The molecule has 1 heterocycles. The highest BCUT2D eigenvalue weighted by Crippen LogP contribution is 2.37. The first kappa shape index (κ1) is 34.2. The Kier molecular flexibility index (Phi) is 9.92. The molecule has 6 nitrogen and oxygen atoms in total. The number of rotatable bonds is 10. The fourth-order valence-electron chi connectivity index (χ4n) is 5.56. The molecule has 0 spiro atoms. The van der Waals surface area contributed by atoms with Crippen molar-refractivity contribution in [3.63, 3.8) is 0 Å². The molecule has 0 aliphatic rings. The Morgan fingerprint density at radius 2 is 1.44 bits per heavy atom. The van der Waals surface area contributed by atoms with Crippen LogP contribution in [0, 0.1) is 0 Å².